The molecule has 11 atom stereocenters. The van der Waals surface area contributed by atoms with Crippen LogP contribution in [-0.4, -0.2) is 182 Å². The van der Waals surface area contributed by atoms with Gasteiger partial charge in [0.15, 0.2) is 23.2 Å². The average molecular weight is 1900 g/mol. The molecule has 0 spiro atoms. The summed E-state index contributed by atoms with van der Waals surface area (Å²) in [4.78, 5) is 15.5. The van der Waals surface area contributed by atoms with Gasteiger partial charge < -0.3 is 78.1 Å². The van der Waals surface area contributed by atoms with Crippen LogP contribution in [0.4, 0.5) is 11.6 Å². The minimum atomic E-state index is -4.48. The fourth-order valence-corrected chi connectivity index (χ4v) is 19.2. The van der Waals surface area contributed by atoms with Crippen LogP contribution in [0.3, 0.4) is 0 Å². The van der Waals surface area contributed by atoms with E-state index in [0.29, 0.717) is 59.7 Å². The molecule has 6 N–H and O–H groups in total. The number of nitrogens with two attached hydrogens (primary N) is 2. The van der Waals surface area contributed by atoms with Crippen LogP contribution in [0.5, 0.6) is 11.5 Å². The van der Waals surface area contributed by atoms with Crippen molar-refractivity contribution in [3.8, 4) is 23.6 Å². The van der Waals surface area contributed by atoms with Gasteiger partial charge in [-0.25, -0.2) is 38.1 Å². The van der Waals surface area contributed by atoms with E-state index in [0.717, 1.165) is 52.3 Å². The van der Waals surface area contributed by atoms with Crippen LogP contribution in [0, 0.1) is 22.7 Å². The second-order valence-corrected chi connectivity index (χ2v) is 38.1. The maximum Gasteiger partial charge on any atom is 0.530 e. The predicted molar refractivity (Wildman–Crippen MR) is 497 cm³/mol. The van der Waals surface area contributed by atoms with Crippen molar-refractivity contribution in [3.05, 3.63) is 204 Å². The largest absolute Gasteiger partial charge is 0.530 e. The molecule has 4 fully saturated rings. The van der Waals surface area contributed by atoms with E-state index in [4.69, 9.17) is 100 Å². The number of fused-ring (bicyclic) bond motifs is 4. The highest BCUT2D eigenvalue weighted by molar-refractivity contribution is 7.55. The van der Waals surface area contributed by atoms with E-state index < -0.39 is 81.0 Å². The van der Waals surface area contributed by atoms with Gasteiger partial charge in [-0.2, -0.15) is 20.7 Å². The molecule has 14 rings (SSSR count). The van der Waals surface area contributed by atoms with Gasteiger partial charge in [-0.3, -0.25) is 9.05 Å². The number of phosphoric acid groups is 1. The van der Waals surface area contributed by atoms with Crippen LogP contribution < -0.4 is 20.5 Å². The zero-order chi connectivity index (χ0) is 93.7. The van der Waals surface area contributed by atoms with Crippen molar-refractivity contribution in [3.63, 3.8) is 0 Å². The lowest BCUT2D eigenvalue weighted by molar-refractivity contribution is -0.204. The first-order valence-corrected chi connectivity index (χ1v) is 49.6. The number of anilines is 2. The number of benzene rings is 4. The number of nitriles is 2. The summed E-state index contributed by atoms with van der Waals surface area (Å²) >= 11 is 12.5. The van der Waals surface area contributed by atoms with Gasteiger partial charge in [0.2, 0.25) is 11.2 Å². The van der Waals surface area contributed by atoms with E-state index in [-0.39, 0.29) is 61.5 Å². The number of hydrogen-bond acceptors (Lipinski definition) is 30. The maximum absolute atomic E-state index is 14.7. The Morgan fingerprint density at radius 1 is 0.470 bits per heavy atom. The smallest absolute Gasteiger partial charge is 0.410 e. The molecule has 10 heterocycles. The molecule has 132 heavy (non-hydrogen) atoms. The quantitative estimate of drug-likeness (QED) is 0.0203. The number of unbranched alkanes of at least 4 members (excludes halogenated alkanes) is 22. The Morgan fingerprint density at radius 3 is 1.29 bits per heavy atom. The molecule has 0 bridgehead atoms. The highest BCUT2D eigenvalue weighted by atomic mass is 35.5. The molecule has 6 aromatic heterocycles. The summed E-state index contributed by atoms with van der Waals surface area (Å²) in [5, 5.41) is 56.6. The van der Waals surface area contributed by atoms with Crippen LogP contribution >= 0.6 is 38.7 Å². The van der Waals surface area contributed by atoms with Gasteiger partial charge in [0.05, 0.1) is 74.3 Å². The van der Waals surface area contributed by atoms with Crippen molar-refractivity contribution in [2.45, 2.75) is 280 Å². The number of phosphoric ester groups is 1. The third-order valence-electron chi connectivity index (χ3n) is 22.7. The number of hydrogen-bond donors (Lipinski definition) is 4. The Morgan fingerprint density at radius 2 is 0.871 bits per heavy atom. The lowest BCUT2D eigenvalue weighted by atomic mass is 9.92. The van der Waals surface area contributed by atoms with Gasteiger partial charge >= 0.3 is 15.5 Å². The second kappa shape index (κ2) is 52.2. The number of para-hydroxylation sites is 2. The summed E-state index contributed by atoms with van der Waals surface area (Å²) in [6.45, 7) is 13.5. The topological polar surface area (TPSA) is 425 Å². The molecule has 4 aromatic carbocycles. The highest BCUT2D eigenvalue weighted by Crippen LogP contribution is 2.56. The monoisotopic (exact) mass is 1900 g/mol. The number of aliphatic hydroxyl groups excluding tert-OH is 2. The van der Waals surface area contributed by atoms with Gasteiger partial charge in [0.1, 0.15) is 121 Å². The van der Waals surface area contributed by atoms with Crippen molar-refractivity contribution in [2.24, 2.45) is 0 Å². The first-order valence-electron chi connectivity index (χ1n) is 45.9. The number of nitrogen functional groups attached to an aromatic ring is 2. The molecular weight excluding hydrogens is 1770 g/mol. The van der Waals surface area contributed by atoms with E-state index in [2.05, 4.69) is 66.3 Å². The SMILES string of the molecule is CC1(C)O[C@H]2[C@@H](O1)[C@](C#N)(c1ccc3c(N)ncnn13)O[C@@H]2CO.CCCCCCCCCCCCCCO[C@@H](CO)COCc1ccccc1.CCCCCCCCCCCCCCO[C@H](COCc1ccccc1)COP(=O)(OC[C@H]1O[C@@](C#N)(c2ccc3c(N)ncnn23)[C@@H]2OC(C)(C)O[C@@H]21)Oc1ccccc1Cl.O=P(Oc1ccccc1Cl)(n1cncn1)n1cncn1. The van der Waals surface area contributed by atoms with Crippen LogP contribution in [0.15, 0.2) is 171 Å². The second-order valence-electron chi connectivity index (χ2n) is 33.7. The molecule has 1 unspecified atom stereocenters. The molecule has 0 saturated carbocycles. The molecule has 4 aliphatic heterocycles. The van der Waals surface area contributed by atoms with E-state index in [9.17, 15) is 29.9 Å². The summed E-state index contributed by atoms with van der Waals surface area (Å²) in [5.41, 5.74) is 12.8. The third-order valence-corrected chi connectivity index (χ3v) is 26.5. The number of aromatic nitrogens is 12. The molecule has 716 valence electrons. The van der Waals surface area contributed by atoms with Crippen LogP contribution in [0.25, 0.3) is 11.0 Å². The number of halogens is 2. The Labute approximate surface area is 783 Å². The van der Waals surface area contributed by atoms with Crippen LogP contribution in [-0.2, 0) is 90.0 Å². The van der Waals surface area contributed by atoms with E-state index in [1.165, 1.54) is 175 Å². The Balaban J connectivity index is 0.000000193. The minimum absolute atomic E-state index is 0.0209. The zero-order valence-corrected chi connectivity index (χ0v) is 79.6. The number of ether oxygens (including phenoxy) is 10. The van der Waals surface area contributed by atoms with Gasteiger partial charge in [0, 0.05) is 13.2 Å². The molecule has 38 heteroatoms. The molecule has 0 amide bonds. The van der Waals surface area contributed by atoms with Crippen molar-refractivity contribution in [1.29, 1.82) is 10.5 Å². The molecule has 4 saturated heterocycles. The lowest BCUT2D eigenvalue weighted by Gasteiger charge is -2.29. The fraction of sp³-hybridized carbons (Fsp3) is 0.553. The number of aliphatic hydroxyl groups is 2. The molecule has 4 aliphatic rings. The van der Waals surface area contributed by atoms with Crippen LogP contribution in [0.1, 0.15) is 218 Å². The lowest BCUT2D eigenvalue weighted by Crippen LogP contribution is -2.40. The normalized spacial score (nSPS) is 20.8. The van der Waals surface area contributed by atoms with Crippen molar-refractivity contribution in [1.82, 2.24) is 58.3 Å². The number of rotatable bonds is 52. The van der Waals surface area contributed by atoms with Gasteiger partial charge in [-0.15, -0.1) is 19.1 Å². The number of nitrogens with zero attached hydrogens (tertiary/aromatic N) is 14. The molecule has 34 nitrogen and oxygen atoms in total. The highest BCUT2D eigenvalue weighted by Gasteiger charge is 2.67. The average Bonchev–Trinajstić information content (AvgIpc) is 1.56. The van der Waals surface area contributed by atoms with E-state index in [1.807, 2.05) is 60.7 Å². The minimum Gasteiger partial charge on any atom is -0.410 e. The maximum atomic E-state index is 14.7. The summed E-state index contributed by atoms with van der Waals surface area (Å²) in [5.74, 6) is -1.10. The van der Waals surface area contributed by atoms with Gasteiger partial charge in [-0.05, 0) is 100 Å². The summed E-state index contributed by atoms with van der Waals surface area (Å²) < 4.78 is 117. The summed E-state index contributed by atoms with van der Waals surface area (Å²) in [6.07, 6.45) is 33.1. The molecule has 0 aliphatic carbocycles. The molecule has 10 aromatic rings. The Hall–Kier alpha value is -8.94. The zero-order valence-electron chi connectivity index (χ0n) is 76.3. The summed E-state index contributed by atoms with van der Waals surface area (Å²) in [6, 6.07) is 44.5. The van der Waals surface area contributed by atoms with Crippen molar-refractivity contribution in [2.75, 3.05) is 64.3 Å². The molecular formula is C94H128Cl2N16O18P2. The first-order chi connectivity index (χ1) is 64.0. The van der Waals surface area contributed by atoms with Crippen LogP contribution in [0.2, 0.25) is 10.0 Å². The predicted octanol–water partition coefficient (Wildman–Crippen LogP) is 18.5. The fourth-order valence-electron chi connectivity index (χ4n) is 15.9. The summed E-state index contributed by atoms with van der Waals surface area (Å²) in [7, 11) is -8.16. The van der Waals surface area contributed by atoms with Crippen molar-refractivity contribution >= 4 is 61.4 Å². The third kappa shape index (κ3) is 29.1. The van der Waals surface area contributed by atoms with E-state index >= 15 is 0 Å². The van der Waals surface area contributed by atoms with Crippen molar-refractivity contribution < 1.29 is 84.8 Å². The standard InChI is InChI=1S/C45H61ClN5O9P.C24H42O3.C15H17N5O4.C10H8ClN6O2P/c1-4-5-6-7-8-9-10-11-12-13-14-20-27-54-35(29-53-28-34-21-16-15-17-22-34)30-55-61(52,60-38-24-19-18-23-36(38)46)56-31-39-41-42(59-44(2,3)58-41)45(32-47,57-39)40-26-25-37-43(48)49-33-50-51(37)40;1-2-3-4-5-6-7-8-9-10-11-12-16-19-27-24(20-25)22-26-21-23-17-14-13-15-18-23;1-14(2)23-11-9(5-21)22-15(6-16,12(11)24-14)10-4-3-8-13(17)18-7-19-20(8)10;11-9-3-1-2-4-10(9)19-20(18,16-7-12-5-14-16)17-8-13-6-15-17/h15-19,21-26,33,35,39,41-42H,4-14,20,27-31H2,1-3H3,(H2,48,49,50);13-15,17-18,24-25H,2-12,16,19-22H2,1H3;3-4,7,9,11-12,21H,5H2,1-2H3,(H2,17,18,19);1-8H/t35-,39-,41-,42-,45+,61?;24-;9-,11-,12-,15+;/m101./s1. The Bertz CT molecular complexity index is 5200. The first kappa shape index (κ1) is 104. The van der Waals surface area contributed by atoms with Gasteiger partial charge in [-0.1, -0.05) is 263 Å². The molecule has 0 radical (unpaired) electrons. The van der Waals surface area contributed by atoms with Gasteiger partial charge in [0.25, 0.3) is 0 Å². The van der Waals surface area contributed by atoms with E-state index in [1.54, 1.807) is 100 Å². The Kier molecular flexibility index (Phi) is 41.0.